The summed E-state index contributed by atoms with van der Waals surface area (Å²) >= 11 is 0. The van der Waals surface area contributed by atoms with Gasteiger partial charge in [-0.3, -0.25) is 9.89 Å². The van der Waals surface area contributed by atoms with Crippen LogP contribution in [0.5, 0.6) is 0 Å². The van der Waals surface area contributed by atoms with Gasteiger partial charge in [0.1, 0.15) is 5.69 Å². The van der Waals surface area contributed by atoms with Crippen LogP contribution in [0.2, 0.25) is 0 Å². The molecule has 1 aliphatic carbocycles. The predicted molar refractivity (Wildman–Crippen MR) is 95.0 cm³/mol. The van der Waals surface area contributed by atoms with Crippen molar-refractivity contribution in [2.45, 2.75) is 39.7 Å². The van der Waals surface area contributed by atoms with Gasteiger partial charge in [0.15, 0.2) is 5.82 Å². The minimum atomic E-state index is 0.258. The van der Waals surface area contributed by atoms with Gasteiger partial charge in [0.2, 0.25) is 5.91 Å². The number of nitrogens with one attached hydrogen (secondary N) is 2. The highest BCUT2D eigenvalue weighted by atomic mass is 16.2. The van der Waals surface area contributed by atoms with E-state index in [1.165, 1.54) is 11.1 Å². The van der Waals surface area contributed by atoms with Gasteiger partial charge in [0, 0.05) is 36.7 Å². The molecule has 25 heavy (non-hydrogen) atoms. The molecule has 0 bridgehead atoms. The monoisotopic (exact) mass is 335 g/mol. The summed E-state index contributed by atoms with van der Waals surface area (Å²) in [5.41, 5.74) is 7.53. The molecule has 1 fully saturated rings. The van der Waals surface area contributed by atoms with Gasteiger partial charge in [0.25, 0.3) is 0 Å². The number of imidazole rings is 1. The molecule has 0 radical (unpaired) electrons. The van der Waals surface area contributed by atoms with Gasteiger partial charge in [0.05, 0.1) is 11.0 Å². The first-order chi connectivity index (χ1) is 12.1. The first kappa shape index (κ1) is 14.7. The number of rotatable bonds is 2. The molecule has 3 heterocycles. The third-order valence-corrected chi connectivity index (χ3v) is 5.49. The van der Waals surface area contributed by atoms with Crippen LogP contribution in [-0.4, -0.2) is 37.5 Å². The molecule has 2 aromatic heterocycles. The zero-order chi connectivity index (χ0) is 17.1. The summed E-state index contributed by atoms with van der Waals surface area (Å²) in [6.07, 6.45) is 2.92. The number of aromatic nitrogens is 4. The van der Waals surface area contributed by atoms with Crippen LogP contribution in [0, 0.1) is 19.8 Å². The Morgan fingerprint density at radius 2 is 2.04 bits per heavy atom. The molecular weight excluding hydrogens is 314 g/mol. The summed E-state index contributed by atoms with van der Waals surface area (Å²) in [4.78, 5) is 22.5. The predicted octanol–water partition coefficient (Wildman–Crippen LogP) is 2.86. The van der Waals surface area contributed by atoms with Gasteiger partial charge >= 0.3 is 0 Å². The van der Waals surface area contributed by atoms with Gasteiger partial charge in [-0.2, -0.15) is 5.10 Å². The zero-order valence-corrected chi connectivity index (χ0v) is 14.5. The molecule has 2 aliphatic rings. The van der Waals surface area contributed by atoms with Gasteiger partial charge in [-0.1, -0.05) is 0 Å². The van der Waals surface area contributed by atoms with E-state index >= 15 is 0 Å². The molecule has 0 unspecified atom stereocenters. The van der Waals surface area contributed by atoms with Gasteiger partial charge in [-0.25, -0.2) is 4.98 Å². The van der Waals surface area contributed by atoms with Crippen molar-refractivity contribution in [1.82, 2.24) is 25.1 Å². The maximum atomic E-state index is 12.4. The first-order valence-electron chi connectivity index (χ1n) is 8.92. The molecule has 0 saturated heterocycles. The van der Waals surface area contributed by atoms with Gasteiger partial charge in [-0.05, 0) is 49.9 Å². The SMILES string of the molecule is Cc1cc2nc(-c3n[nH]c4c3CN(C(=O)C3CC3)CC4)[nH]c2cc1C. The number of aryl methyl sites for hydroxylation is 2. The minimum Gasteiger partial charge on any atom is -0.338 e. The van der Waals surface area contributed by atoms with Crippen molar-refractivity contribution in [2.24, 2.45) is 5.92 Å². The van der Waals surface area contributed by atoms with E-state index in [0.29, 0.717) is 12.5 Å². The maximum absolute atomic E-state index is 12.4. The van der Waals surface area contributed by atoms with Crippen LogP contribution in [-0.2, 0) is 17.8 Å². The van der Waals surface area contributed by atoms with Crippen LogP contribution in [0.25, 0.3) is 22.6 Å². The van der Waals surface area contributed by atoms with E-state index in [4.69, 9.17) is 4.98 Å². The normalized spacial score (nSPS) is 17.1. The second-order valence-electron chi connectivity index (χ2n) is 7.35. The fourth-order valence-electron chi connectivity index (χ4n) is 3.65. The molecule has 0 spiro atoms. The average Bonchev–Trinajstić information content (AvgIpc) is 3.25. The molecule has 128 valence electrons. The molecule has 1 aliphatic heterocycles. The van der Waals surface area contributed by atoms with E-state index in [2.05, 4.69) is 41.2 Å². The lowest BCUT2D eigenvalue weighted by Crippen LogP contribution is -2.36. The van der Waals surface area contributed by atoms with Gasteiger partial charge in [-0.15, -0.1) is 0 Å². The number of amides is 1. The summed E-state index contributed by atoms with van der Waals surface area (Å²) in [7, 11) is 0. The van der Waals surface area contributed by atoms with Crippen molar-refractivity contribution in [1.29, 1.82) is 0 Å². The third kappa shape index (κ3) is 2.35. The summed E-state index contributed by atoms with van der Waals surface area (Å²) in [6, 6.07) is 4.23. The Morgan fingerprint density at radius 3 is 2.84 bits per heavy atom. The molecule has 3 aromatic rings. The van der Waals surface area contributed by atoms with Crippen LogP contribution in [0.4, 0.5) is 0 Å². The molecule has 6 heteroatoms. The molecule has 6 nitrogen and oxygen atoms in total. The molecule has 1 amide bonds. The van der Waals surface area contributed by atoms with E-state index in [9.17, 15) is 4.79 Å². The lowest BCUT2D eigenvalue weighted by molar-refractivity contribution is -0.133. The van der Waals surface area contributed by atoms with E-state index in [-0.39, 0.29) is 5.92 Å². The Morgan fingerprint density at radius 1 is 1.24 bits per heavy atom. The largest absolute Gasteiger partial charge is 0.338 e. The smallest absolute Gasteiger partial charge is 0.225 e. The van der Waals surface area contributed by atoms with Crippen LogP contribution < -0.4 is 0 Å². The number of hydrogen-bond donors (Lipinski definition) is 2. The standard InChI is InChI=1S/C19H21N5O/c1-10-7-15-16(8-11(10)2)21-18(20-15)17-13-9-24(19(25)12-3-4-12)6-5-14(13)22-23-17/h7-8,12H,3-6,9H2,1-2H3,(H,20,21)(H,22,23). The number of aromatic amines is 2. The minimum absolute atomic E-state index is 0.258. The highest BCUT2D eigenvalue weighted by molar-refractivity contribution is 5.83. The van der Waals surface area contributed by atoms with E-state index in [1.807, 2.05) is 4.90 Å². The van der Waals surface area contributed by atoms with Crippen LogP contribution >= 0.6 is 0 Å². The maximum Gasteiger partial charge on any atom is 0.225 e. The van der Waals surface area contributed by atoms with Crippen LogP contribution in [0.15, 0.2) is 12.1 Å². The Kier molecular flexibility index (Phi) is 3.04. The highest BCUT2D eigenvalue weighted by Gasteiger charge is 2.35. The van der Waals surface area contributed by atoms with E-state index in [1.54, 1.807) is 0 Å². The molecule has 1 aromatic carbocycles. The Labute approximate surface area is 145 Å². The molecule has 2 N–H and O–H groups in total. The van der Waals surface area contributed by atoms with Crippen molar-refractivity contribution in [3.8, 4) is 11.5 Å². The highest BCUT2D eigenvalue weighted by Crippen LogP contribution is 2.34. The fourth-order valence-corrected chi connectivity index (χ4v) is 3.65. The van der Waals surface area contributed by atoms with Crippen molar-refractivity contribution in [3.63, 3.8) is 0 Å². The lowest BCUT2D eigenvalue weighted by atomic mass is 10.0. The molecule has 0 atom stereocenters. The summed E-state index contributed by atoms with van der Waals surface area (Å²) in [5.74, 6) is 1.33. The number of H-pyrrole nitrogens is 2. The van der Waals surface area contributed by atoms with E-state index in [0.717, 1.165) is 59.6 Å². The molecule has 5 rings (SSSR count). The van der Waals surface area contributed by atoms with E-state index < -0.39 is 0 Å². The molecular formula is C19H21N5O. The average molecular weight is 335 g/mol. The van der Waals surface area contributed by atoms with Gasteiger partial charge < -0.3 is 9.88 Å². The summed E-state index contributed by atoms with van der Waals surface area (Å²) in [5, 5.41) is 7.65. The van der Waals surface area contributed by atoms with Crippen molar-refractivity contribution in [2.75, 3.05) is 6.54 Å². The Bertz CT molecular complexity index is 956. The second-order valence-corrected chi connectivity index (χ2v) is 7.35. The zero-order valence-electron chi connectivity index (χ0n) is 14.5. The Hall–Kier alpha value is -2.63. The topological polar surface area (TPSA) is 77.7 Å². The first-order valence-corrected chi connectivity index (χ1v) is 8.92. The summed E-state index contributed by atoms with van der Waals surface area (Å²) < 4.78 is 0. The Balaban J connectivity index is 1.53. The quantitative estimate of drug-likeness (QED) is 0.756. The number of carbonyl (C=O) groups excluding carboxylic acids is 1. The summed E-state index contributed by atoms with van der Waals surface area (Å²) in [6.45, 7) is 5.61. The number of nitrogens with zero attached hydrogens (tertiary/aromatic N) is 3. The van der Waals surface area contributed by atoms with Crippen LogP contribution in [0.3, 0.4) is 0 Å². The third-order valence-electron chi connectivity index (χ3n) is 5.49. The van der Waals surface area contributed by atoms with Crippen LogP contribution in [0.1, 0.15) is 35.2 Å². The van der Waals surface area contributed by atoms with Crippen molar-refractivity contribution < 1.29 is 4.79 Å². The molecule has 1 saturated carbocycles. The number of fused-ring (bicyclic) bond motifs is 2. The lowest BCUT2D eigenvalue weighted by Gasteiger charge is -2.27. The second kappa shape index (κ2) is 5.18. The fraction of sp³-hybridized carbons (Fsp3) is 0.421. The number of carbonyl (C=O) groups is 1. The number of hydrogen-bond acceptors (Lipinski definition) is 3. The van der Waals surface area contributed by atoms with Crippen molar-refractivity contribution >= 4 is 16.9 Å². The van der Waals surface area contributed by atoms with Crippen molar-refractivity contribution in [3.05, 3.63) is 34.5 Å². The number of benzene rings is 1.